The Kier molecular flexibility index (Phi) is 5.55. The van der Waals surface area contributed by atoms with Crippen molar-refractivity contribution in [1.29, 1.82) is 0 Å². The van der Waals surface area contributed by atoms with Crippen molar-refractivity contribution >= 4 is 34.4 Å². The molecular formula is C23H23N5OS. The molecular weight excluding hydrogens is 394 g/mol. The molecule has 30 heavy (non-hydrogen) atoms. The Balaban J connectivity index is 1.56. The molecule has 0 fully saturated rings. The lowest BCUT2D eigenvalue weighted by atomic mass is 10.1. The van der Waals surface area contributed by atoms with Crippen molar-refractivity contribution in [2.24, 2.45) is 0 Å². The zero-order valence-electron chi connectivity index (χ0n) is 17.4. The second-order valence-corrected chi connectivity index (χ2v) is 8.28. The molecule has 0 saturated carbocycles. The fraction of sp³-hybridized carbons (Fsp3) is 0.217. The Morgan fingerprint density at radius 1 is 1.03 bits per heavy atom. The molecule has 152 valence electrons. The lowest BCUT2D eigenvalue weighted by Gasteiger charge is -2.13. The summed E-state index contributed by atoms with van der Waals surface area (Å²) >= 11 is 1.40. The van der Waals surface area contributed by atoms with E-state index in [2.05, 4.69) is 39.4 Å². The number of thioether (sulfide) groups is 1. The Hall–Kier alpha value is -3.19. The number of carbonyl (C=O) groups excluding carboxylic acids is 1. The molecule has 0 aliphatic heterocycles. The zero-order chi connectivity index (χ0) is 21.3. The number of amides is 1. The maximum atomic E-state index is 12.6. The van der Waals surface area contributed by atoms with E-state index >= 15 is 0 Å². The van der Waals surface area contributed by atoms with E-state index in [1.807, 2.05) is 51.1 Å². The van der Waals surface area contributed by atoms with Gasteiger partial charge in [-0.3, -0.25) is 4.79 Å². The molecule has 4 rings (SSSR count). The van der Waals surface area contributed by atoms with Gasteiger partial charge >= 0.3 is 0 Å². The number of fused-ring (bicyclic) bond motifs is 1. The highest BCUT2D eigenvalue weighted by atomic mass is 32.2. The molecule has 2 aromatic carbocycles. The molecule has 0 radical (unpaired) electrons. The Morgan fingerprint density at radius 2 is 1.73 bits per heavy atom. The summed E-state index contributed by atoms with van der Waals surface area (Å²) in [5, 5.41) is 9.13. The Morgan fingerprint density at radius 3 is 2.43 bits per heavy atom. The van der Waals surface area contributed by atoms with E-state index in [0.717, 1.165) is 38.6 Å². The molecule has 6 nitrogen and oxygen atoms in total. The van der Waals surface area contributed by atoms with E-state index in [0.29, 0.717) is 5.82 Å². The summed E-state index contributed by atoms with van der Waals surface area (Å²) in [5.74, 6) is 0.845. The number of para-hydroxylation sites is 1. The van der Waals surface area contributed by atoms with Crippen LogP contribution in [-0.2, 0) is 4.79 Å². The third-order valence-electron chi connectivity index (χ3n) is 4.79. The van der Waals surface area contributed by atoms with Crippen LogP contribution in [-0.4, -0.2) is 31.4 Å². The molecule has 0 aliphatic rings. The van der Waals surface area contributed by atoms with Crippen LogP contribution in [0.2, 0.25) is 0 Å². The Bertz CT molecular complexity index is 1210. The van der Waals surface area contributed by atoms with E-state index < -0.39 is 0 Å². The predicted molar refractivity (Wildman–Crippen MR) is 121 cm³/mol. The smallest absolute Gasteiger partial charge is 0.234 e. The van der Waals surface area contributed by atoms with Crippen molar-refractivity contribution in [3.8, 4) is 5.69 Å². The third kappa shape index (κ3) is 4.07. The van der Waals surface area contributed by atoms with Crippen LogP contribution in [0.1, 0.15) is 22.5 Å². The fourth-order valence-electron chi connectivity index (χ4n) is 3.54. The molecule has 0 atom stereocenters. The molecule has 2 aromatic heterocycles. The van der Waals surface area contributed by atoms with Gasteiger partial charge in [0, 0.05) is 5.69 Å². The van der Waals surface area contributed by atoms with Crippen LogP contribution in [0.3, 0.4) is 0 Å². The van der Waals surface area contributed by atoms with Crippen molar-refractivity contribution in [2.75, 3.05) is 11.1 Å². The summed E-state index contributed by atoms with van der Waals surface area (Å²) in [5.41, 5.74) is 5.87. The Labute approximate surface area is 179 Å². The summed E-state index contributed by atoms with van der Waals surface area (Å²) < 4.78 is 1.80. The minimum absolute atomic E-state index is 0.0603. The van der Waals surface area contributed by atoms with Crippen LogP contribution in [0.5, 0.6) is 0 Å². The average Bonchev–Trinajstić information content (AvgIpc) is 3.13. The highest BCUT2D eigenvalue weighted by molar-refractivity contribution is 8.00. The van der Waals surface area contributed by atoms with Gasteiger partial charge in [0.1, 0.15) is 10.9 Å². The number of anilines is 1. The van der Waals surface area contributed by atoms with Crippen LogP contribution < -0.4 is 5.32 Å². The number of nitrogens with one attached hydrogen (secondary N) is 1. The number of hydrogen-bond donors (Lipinski definition) is 1. The number of nitrogens with zero attached hydrogens (tertiary/aromatic N) is 4. The summed E-state index contributed by atoms with van der Waals surface area (Å²) in [7, 11) is 0. The second-order valence-electron chi connectivity index (χ2n) is 7.32. The number of carbonyl (C=O) groups is 1. The quantitative estimate of drug-likeness (QED) is 0.374. The standard InChI is InChI=1S/C23H23N5OS/c1-14-10-15(2)21(16(3)11-14)27-20(29)13-30-23-19-12-24-28(18-8-6-5-7-9-18)22(19)25-17(4)26-23/h5-12H,13H2,1-4H3,(H,27,29). The first-order valence-electron chi connectivity index (χ1n) is 9.70. The van der Waals surface area contributed by atoms with Gasteiger partial charge in [-0.05, 0) is 51.0 Å². The first-order chi connectivity index (χ1) is 14.4. The maximum Gasteiger partial charge on any atom is 0.234 e. The second kappa shape index (κ2) is 8.28. The number of aryl methyl sites for hydroxylation is 4. The predicted octanol–water partition coefficient (Wildman–Crippen LogP) is 4.78. The molecule has 0 spiro atoms. The number of benzene rings is 2. The van der Waals surface area contributed by atoms with Gasteiger partial charge in [-0.25, -0.2) is 14.6 Å². The molecule has 0 aliphatic carbocycles. The van der Waals surface area contributed by atoms with Crippen molar-refractivity contribution in [3.63, 3.8) is 0 Å². The molecule has 1 N–H and O–H groups in total. The molecule has 0 bridgehead atoms. The van der Waals surface area contributed by atoms with E-state index in [-0.39, 0.29) is 11.7 Å². The first kappa shape index (κ1) is 20.1. The molecule has 4 aromatic rings. The number of hydrogen-bond acceptors (Lipinski definition) is 5. The molecule has 7 heteroatoms. The number of rotatable bonds is 5. The zero-order valence-corrected chi connectivity index (χ0v) is 18.2. The van der Waals surface area contributed by atoms with Gasteiger partial charge in [-0.15, -0.1) is 0 Å². The van der Waals surface area contributed by atoms with Crippen molar-refractivity contribution in [1.82, 2.24) is 19.7 Å². The summed E-state index contributed by atoms with van der Waals surface area (Å²) in [6.45, 7) is 7.93. The van der Waals surface area contributed by atoms with Gasteiger partial charge < -0.3 is 5.32 Å². The van der Waals surface area contributed by atoms with Crippen LogP contribution in [0.15, 0.2) is 53.7 Å². The van der Waals surface area contributed by atoms with E-state index in [9.17, 15) is 4.79 Å². The van der Waals surface area contributed by atoms with Gasteiger partial charge in [-0.2, -0.15) is 5.10 Å². The highest BCUT2D eigenvalue weighted by Crippen LogP contribution is 2.27. The summed E-state index contributed by atoms with van der Waals surface area (Å²) in [4.78, 5) is 21.8. The summed E-state index contributed by atoms with van der Waals surface area (Å²) in [6.07, 6.45) is 1.76. The van der Waals surface area contributed by atoms with Crippen LogP contribution in [0.25, 0.3) is 16.7 Å². The van der Waals surface area contributed by atoms with Gasteiger partial charge in [-0.1, -0.05) is 47.7 Å². The lowest BCUT2D eigenvalue weighted by molar-refractivity contribution is -0.113. The van der Waals surface area contributed by atoms with Gasteiger partial charge in [0.2, 0.25) is 5.91 Å². The third-order valence-corrected chi connectivity index (χ3v) is 5.78. The van der Waals surface area contributed by atoms with Gasteiger partial charge in [0.05, 0.1) is 23.0 Å². The largest absolute Gasteiger partial charge is 0.325 e. The van der Waals surface area contributed by atoms with Crippen LogP contribution >= 0.6 is 11.8 Å². The van der Waals surface area contributed by atoms with Crippen LogP contribution in [0.4, 0.5) is 5.69 Å². The van der Waals surface area contributed by atoms with Crippen molar-refractivity contribution < 1.29 is 4.79 Å². The average molecular weight is 418 g/mol. The minimum atomic E-state index is -0.0603. The van der Waals surface area contributed by atoms with E-state index in [1.54, 1.807) is 10.9 Å². The SMILES string of the molecule is Cc1cc(C)c(NC(=O)CSc2nc(C)nc3c2cnn3-c2ccccc2)c(C)c1. The van der Waals surface area contributed by atoms with Crippen LogP contribution in [0, 0.1) is 27.7 Å². The first-order valence-corrected chi connectivity index (χ1v) is 10.7. The van der Waals surface area contributed by atoms with E-state index in [4.69, 9.17) is 0 Å². The molecule has 2 heterocycles. The van der Waals surface area contributed by atoms with Gasteiger partial charge in [0.15, 0.2) is 5.65 Å². The van der Waals surface area contributed by atoms with E-state index in [1.165, 1.54) is 17.3 Å². The topological polar surface area (TPSA) is 72.7 Å². The molecule has 0 saturated heterocycles. The molecule has 1 amide bonds. The van der Waals surface area contributed by atoms with Gasteiger partial charge in [0.25, 0.3) is 0 Å². The highest BCUT2D eigenvalue weighted by Gasteiger charge is 2.15. The van der Waals surface area contributed by atoms with Crippen molar-refractivity contribution in [2.45, 2.75) is 32.7 Å². The number of aromatic nitrogens is 4. The normalized spacial score (nSPS) is 11.1. The summed E-state index contributed by atoms with van der Waals surface area (Å²) in [6, 6.07) is 14.0. The molecule has 0 unspecified atom stereocenters. The minimum Gasteiger partial charge on any atom is -0.325 e. The maximum absolute atomic E-state index is 12.6. The van der Waals surface area contributed by atoms with Crippen molar-refractivity contribution in [3.05, 3.63) is 71.2 Å². The fourth-order valence-corrected chi connectivity index (χ4v) is 4.38. The monoisotopic (exact) mass is 417 g/mol. The lowest BCUT2D eigenvalue weighted by Crippen LogP contribution is -2.16.